The van der Waals surface area contributed by atoms with Gasteiger partial charge in [-0.3, -0.25) is 4.79 Å². The van der Waals surface area contributed by atoms with Gasteiger partial charge in [0.05, 0.1) is 0 Å². The lowest BCUT2D eigenvalue weighted by atomic mass is 9.78. The molecule has 0 radical (unpaired) electrons. The van der Waals surface area contributed by atoms with E-state index in [-0.39, 0.29) is 30.2 Å². The number of hydrazone groups is 1. The molecule has 2 aromatic rings. The van der Waals surface area contributed by atoms with Gasteiger partial charge in [-0.15, -0.1) is 0 Å². The number of nitrogens with zero attached hydrogens (tertiary/aromatic N) is 3. The van der Waals surface area contributed by atoms with Crippen molar-refractivity contribution in [1.29, 1.82) is 0 Å². The van der Waals surface area contributed by atoms with Gasteiger partial charge >= 0.3 is 0 Å². The Morgan fingerprint density at radius 3 is 2.06 bits per heavy atom. The highest BCUT2D eigenvalue weighted by Crippen LogP contribution is 2.37. The molecule has 4 unspecified atom stereocenters. The lowest BCUT2D eigenvalue weighted by molar-refractivity contribution is -0.126. The van der Waals surface area contributed by atoms with Crippen LogP contribution in [0.15, 0.2) is 53.6 Å². The van der Waals surface area contributed by atoms with E-state index in [1.807, 2.05) is 0 Å². The van der Waals surface area contributed by atoms with E-state index in [4.69, 9.17) is 0 Å². The fourth-order valence-corrected chi connectivity index (χ4v) is 5.21. The zero-order valence-electron chi connectivity index (χ0n) is 21.3. The Kier molecular flexibility index (Phi) is 8.31. The number of hydrogen-bond donors (Lipinski definition) is 2. The molecule has 2 aromatic carbocycles. The molecule has 2 bridgehead atoms. The predicted octanol–water partition coefficient (Wildman–Crippen LogP) is 3.85. The van der Waals surface area contributed by atoms with Crippen LogP contribution in [0.5, 0.6) is 0 Å². The molecule has 7 heteroatoms. The van der Waals surface area contributed by atoms with Gasteiger partial charge in [0.25, 0.3) is 0 Å². The number of rotatable bonds is 6. The van der Waals surface area contributed by atoms with Gasteiger partial charge in [0.15, 0.2) is 0 Å². The summed E-state index contributed by atoms with van der Waals surface area (Å²) in [5, 5.41) is 8.18. The molecule has 188 valence electrons. The Balaban J connectivity index is 1.74. The van der Waals surface area contributed by atoms with Crippen molar-refractivity contribution in [3.8, 4) is 0 Å². The number of amides is 1. The van der Waals surface area contributed by atoms with Gasteiger partial charge in [-0.05, 0) is 76.3 Å². The summed E-state index contributed by atoms with van der Waals surface area (Å²) in [6.07, 6.45) is 0.0978. The van der Waals surface area contributed by atoms with Crippen molar-refractivity contribution in [2.45, 2.75) is 50.5 Å². The van der Waals surface area contributed by atoms with E-state index in [0.717, 1.165) is 29.9 Å². The van der Waals surface area contributed by atoms with Crippen molar-refractivity contribution in [2.75, 3.05) is 34.7 Å². The van der Waals surface area contributed by atoms with Crippen LogP contribution >= 0.6 is 0 Å². The predicted molar refractivity (Wildman–Crippen MR) is 139 cm³/mol. The van der Waals surface area contributed by atoms with E-state index in [2.05, 4.69) is 102 Å². The third-order valence-electron chi connectivity index (χ3n) is 6.87. The van der Waals surface area contributed by atoms with Gasteiger partial charge in [-0.1, -0.05) is 48.5 Å². The fourth-order valence-electron chi connectivity index (χ4n) is 5.21. The van der Waals surface area contributed by atoms with Crippen LogP contribution in [0.1, 0.15) is 53.5 Å². The maximum Gasteiger partial charge on any atom is 0.243 e. The van der Waals surface area contributed by atoms with Crippen LogP contribution in [0.2, 0.25) is 0 Å². The van der Waals surface area contributed by atoms with Crippen LogP contribution in [-0.4, -0.2) is 62.3 Å². The smallest absolute Gasteiger partial charge is 0.243 e. The Morgan fingerprint density at radius 2 is 1.49 bits per heavy atom. The van der Waals surface area contributed by atoms with Crippen molar-refractivity contribution in [1.82, 2.24) is 20.5 Å². The highest BCUT2D eigenvalue weighted by Gasteiger charge is 2.37. The first-order chi connectivity index (χ1) is 16.8. The van der Waals surface area contributed by atoms with Crippen molar-refractivity contribution in [3.63, 3.8) is 0 Å². The number of fused-ring (bicyclic) bond motifs is 2. The molecule has 2 aliphatic rings. The third kappa shape index (κ3) is 6.54. The first-order valence-electron chi connectivity index (χ1n) is 12.5. The molecular weight excluding hydrogens is 441 g/mol. The maximum atomic E-state index is 14.7. The minimum Gasteiger partial charge on any atom is -0.309 e. The van der Waals surface area contributed by atoms with Crippen molar-refractivity contribution in [3.05, 3.63) is 70.8 Å². The SMILES string of the molecule is CN(C)Cc1ccc(C2NCCC(F)CC3CC(=NNC3=O)C2c2ccc(CN(C)C)cc2)cc1. The molecule has 2 N–H and O–H groups in total. The summed E-state index contributed by atoms with van der Waals surface area (Å²) in [6, 6.07) is 17.3. The third-order valence-corrected chi connectivity index (χ3v) is 6.87. The molecule has 2 aliphatic heterocycles. The summed E-state index contributed by atoms with van der Waals surface area (Å²) in [5.41, 5.74) is 8.38. The van der Waals surface area contributed by atoms with E-state index < -0.39 is 6.17 Å². The van der Waals surface area contributed by atoms with Gasteiger partial charge in [-0.2, -0.15) is 5.10 Å². The average molecular weight is 480 g/mol. The second-order valence-electron chi connectivity index (χ2n) is 10.5. The number of nitrogens with one attached hydrogen (secondary N) is 2. The van der Waals surface area contributed by atoms with E-state index in [1.165, 1.54) is 11.1 Å². The van der Waals surface area contributed by atoms with Gasteiger partial charge in [0, 0.05) is 36.7 Å². The largest absolute Gasteiger partial charge is 0.309 e. The van der Waals surface area contributed by atoms with Crippen LogP contribution in [0, 0.1) is 5.92 Å². The number of hydrogen-bond acceptors (Lipinski definition) is 5. The zero-order chi connectivity index (χ0) is 24.9. The van der Waals surface area contributed by atoms with Gasteiger partial charge in [-0.25, -0.2) is 9.82 Å². The number of benzene rings is 2. The zero-order valence-corrected chi connectivity index (χ0v) is 21.3. The summed E-state index contributed by atoms with van der Waals surface area (Å²) >= 11 is 0. The highest BCUT2D eigenvalue weighted by molar-refractivity contribution is 5.98. The normalized spacial score (nSPS) is 25.3. The van der Waals surface area contributed by atoms with E-state index in [0.29, 0.717) is 19.4 Å². The lowest BCUT2D eigenvalue weighted by Gasteiger charge is -2.35. The average Bonchev–Trinajstić information content (AvgIpc) is 2.81. The molecule has 1 fully saturated rings. The number of carbonyl (C=O) groups is 1. The second kappa shape index (κ2) is 11.4. The Labute approximate surface area is 208 Å². The summed E-state index contributed by atoms with van der Waals surface area (Å²) in [6.45, 7) is 2.29. The molecule has 4 rings (SSSR count). The quantitative estimate of drug-likeness (QED) is 0.661. The van der Waals surface area contributed by atoms with Crippen LogP contribution in [0.25, 0.3) is 0 Å². The minimum atomic E-state index is -1.01. The molecule has 6 nitrogen and oxygen atoms in total. The molecule has 35 heavy (non-hydrogen) atoms. The van der Waals surface area contributed by atoms with Gasteiger partial charge < -0.3 is 15.1 Å². The van der Waals surface area contributed by atoms with Crippen molar-refractivity contribution in [2.24, 2.45) is 11.0 Å². The monoisotopic (exact) mass is 479 g/mol. The molecule has 0 aliphatic carbocycles. The maximum absolute atomic E-state index is 14.7. The Bertz CT molecular complexity index is 1020. The van der Waals surface area contributed by atoms with Gasteiger partial charge in [0.1, 0.15) is 6.17 Å². The summed E-state index contributed by atoms with van der Waals surface area (Å²) in [5.74, 6) is -0.619. The van der Waals surface area contributed by atoms with E-state index in [9.17, 15) is 9.18 Å². The highest BCUT2D eigenvalue weighted by atomic mass is 19.1. The number of carbonyl (C=O) groups excluding carboxylic acids is 1. The van der Waals surface area contributed by atoms with E-state index >= 15 is 0 Å². The van der Waals surface area contributed by atoms with Crippen molar-refractivity contribution < 1.29 is 9.18 Å². The van der Waals surface area contributed by atoms with Crippen LogP contribution in [-0.2, 0) is 17.9 Å². The molecule has 1 amide bonds. The molecule has 2 heterocycles. The molecule has 1 saturated heterocycles. The van der Waals surface area contributed by atoms with E-state index in [1.54, 1.807) is 0 Å². The molecule has 0 saturated carbocycles. The Hall–Kier alpha value is -2.61. The number of alkyl halides is 1. The fraction of sp³-hybridized carbons (Fsp3) is 0.500. The topological polar surface area (TPSA) is 60.0 Å². The Morgan fingerprint density at radius 1 is 0.914 bits per heavy atom. The van der Waals surface area contributed by atoms with Crippen LogP contribution in [0.4, 0.5) is 4.39 Å². The summed E-state index contributed by atoms with van der Waals surface area (Å²) < 4.78 is 14.7. The summed E-state index contributed by atoms with van der Waals surface area (Å²) in [4.78, 5) is 16.8. The molecule has 0 aromatic heterocycles. The lowest BCUT2D eigenvalue weighted by Crippen LogP contribution is -2.42. The summed E-state index contributed by atoms with van der Waals surface area (Å²) in [7, 11) is 8.25. The standard InChI is InChI=1S/C28H38FN5O/c1-33(2)17-19-5-9-21(10-6-19)26-25-16-23(28(35)32-31-25)15-24(29)13-14-30-27(26)22-11-7-20(8-12-22)18-34(3)4/h5-12,23-24,26-27,30H,13-18H2,1-4H3,(H,32,35). The van der Waals surface area contributed by atoms with Crippen molar-refractivity contribution >= 4 is 11.6 Å². The second-order valence-corrected chi connectivity index (χ2v) is 10.5. The molecular formula is C28H38FN5O. The molecule has 0 spiro atoms. The first kappa shape index (κ1) is 25.5. The van der Waals surface area contributed by atoms with Crippen LogP contribution < -0.4 is 10.7 Å². The minimum absolute atomic E-state index is 0.0673. The molecule has 4 atom stereocenters. The van der Waals surface area contributed by atoms with Gasteiger partial charge in [0.2, 0.25) is 5.91 Å². The number of halogens is 1. The van der Waals surface area contributed by atoms with Crippen LogP contribution in [0.3, 0.4) is 0 Å². The first-order valence-corrected chi connectivity index (χ1v) is 12.5.